The zero-order valence-corrected chi connectivity index (χ0v) is 13.6. The molecule has 0 unspecified atom stereocenters. The molecule has 2 aromatic rings. The van der Waals surface area contributed by atoms with Gasteiger partial charge < -0.3 is 4.74 Å². The van der Waals surface area contributed by atoms with Gasteiger partial charge in [0.05, 0.1) is 12.7 Å². The standard InChI is InChI=1S/C15H12F7N3O2/c1-27-12(26)10-4-2-9(3-5-10)11-23-8-25(24-11)7-6-13(16,17)14(18,19)15(20,21)22/h2-5,8H,6-7H2,1H3. The van der Waals surface area contributed by atoms with Gasteiger partial charge in [0.2, 0.25) is 0 Å². The molecule has 0 atom stereocenters. The van der Waals surface area contributed by atoms with Crippen molar-refractivity contribution >= 4 is 5.97 Å². The molecule has 1 heterocycles. The number of aromatic nitrogens is 3. The number of alkyl halides is 7. The van der Waals surface area contributed by atoms with Crippen molar-refractivity contribution in [3.05, 3.63) is 36.2 Å². The van der Waals surface area contributed by atoms with Gasteiger partial charge in [-0.15, -0.1) is 0 Å². The van der Waals surface area contributed by atoms with E-state index in [1.807, 2.05) is 0 Å². The van der Waals surface area contributed by atoms with Crippen LogP contribution in [0.5, 0.6) is 0 Å². The molecule has 0 aliphatic heterocycles. The fraction of sp³-hybridized carbons (Fsp3) is 0.400. The number of ether oxygens (including phenoxy) is 1. The maximum atomic E-state index is 13.3. The number of benzene rings is 1. The minimum absolute atomic E-state index is 0.0114. The molecule has 0 spiro atoms. The Balaban J connectivity index is 2.09. The van der Waals surface area contributed by atoms with Crippen molar-refractivity contribution in [2.24, 2.45) is 0 Å². The van der Waals surface area contributed by atoms with Gasteiger partial charge in [0.1, 0.15) is 6.33 Å². The number of nitrogens with zero attached hydrogens (tertiary/aromatic N) is 3. The fourth-order valence-corrected chi connectivity index (χ4v) is 2.03. The molecular formula is C15H12F7N3O2. The van der Waals surface area contributed by atoms with Crippen LogP contribution >= 0.6 is 0 Å². The second-order valence-corrected chi connectivity index (χ2v) is 5.43. The van der Waals surface area contributed by atoms with Gasteiger partial charge in [0, 0.05) is 18.5 Å². The Hall–Kier alpha value is -2.66. The van der Waals surface area contributed by atoms with Crippen LogP contribution in [0.2, 0.25) is 0 Å². The molecule has 0 saturated heterocycles. The summed E-state index contributed by atoms with van der Waals surface area (Å²) in [5.74, 6) is -12.0. The van der Waals surface area contributed by atoms with E-state index in [2.05, 4.69) is 14.8 Å². The average molecular weight is 399 g/mol. The maximum absolute atomic E-state index is 13.3. The van der Waals surface area contributed by atoms with E-state index in [1.165, 1.54) is 31.4 Å². The van der Waals surface area contributed by atoms with Crippen molar-refractivity contribution in [3.63, 3.8) is 0 Å². The molecular weight excluding hydrogens is 387 g/mol. The smallest absolute Gasteiger partial charge is 0.459 e. The Morgan fingerprint density at radius 2 is 1.67 bits per heavy atom. The first-order valence-corrected chi connectivity index (χ1v) is 7.29. The first-order valence-electron chi connectivity index (χ1n) is 7.29. The van der Waals surface area contributed by atoms with Crippen molar-refractivity contribution in [2.75, 3.05) is 7.11 Å². The van der Waals surface area contributed by atoms with Crippen LogP contribution < -0.4 is 0 Å². The zero-order chi connectivity index (χ0) is 20.5. The molecule has 148 valence electrons. The number of halogens is 7. The zero-order valence-electron chi connectivity index (χ0n) is 13.6. The highest BCUT2D eigenvalue weighted by atomic mass is 19.4. The molecule has 0 aliphatic rings. The molecule has 1 aromatic heterocycles. The third-order valence-electron chi connectivity index (χ3n) is 3.57. The Morgan fingerprint density at radius 3 is 2.19 bits per heavy atom. The summed E-state index contributed by atoms with van der Waals surface area (Å²) in [6.07, 6.45) is -7.24. The van der Waals surface area contributed by atoms with Gasteiger partial charge in [-0.2, -0.15) is 35.8 Å². The van der Waals surface area contributed by atoms with Crippen LogP contribution in [0.15, 0.2) is 30.6 Å². The Morgan fingerprint density at radius 1 is 1.07 bits per heavy atom. The summed E-state index contributed by atoms with van der Waals surface area (Å²) in [5, 5.41) is 3.75. The fourth-order valence-electron chi connectivity index (χ4n) is 2.03. The normalized spacial score (nSPS) is 12.9. The van der Waals surface area contributed by atoms with Crippen molar-refractivity contribution in [2.45, 2.75) is 31.0 Å². The van der Waals surface area contributed by atoms with Crippen molar-refractivity contribution in [1.82, 2.24) is 14.8 Å². The quantitative estimate of drug-likeness (QED) is 0.545. The number of methoxy groups -OCH3 is 1. The minimum Gasteiger partial charge on any atom is -0.465 e. The Kier molecular flexibility index (Phi) is 5.47. The lowest BCUT2D eigenvalue weighted by Crippen LogP contribution is -2.52. The van der Waals surface area contributed by atoms with Crippen LogP contribution in [0.1, 0.15) is 16.8 Å². The minimum atomic E-state index is -6.37. The molecule has 5 nitrogen and oxygen atoms in total. The van der Waals surface area contributed by atoms with Crippen LogP contribution in [0, 0.1) is 0 Å². The highest BCUT2D eigenvalue weighted by molar-refractivity contribution is 5.89. The number of carbonyl (C=O) groups is 1. The van der Waals surface area contributed by atoms with Crippen LogP contribution in [0.25, 0.3) is 11.4 Å². The molecule has 0 bridgehead atoms. The van der Waals surface area contributed by atoms with E-state index in [0.717, 1.165) is 11.0 Å². The predicted octanol–water partition coefficient (Wildman–Crippen LogP) is 3.95. The van der Waals surface area contributed by atoms with Crippen LogP contribution in [0.4, 0.5) is 30.7 Å². The number of carbonyl (C=O) groups excluding carboxylic acids is 1. The van der Waals surface area contributed by atoms with E-state index in [0.29, 0.717) is 5.56 Å². The lowest BCUT2D eigenvalue weighted by molar-refractivity contribution is -0.356. The highest BCUT2D eigenvalue weighted by Gasteiger charge is 2.72. The number of rotatable bonds is 6. The summed E-state index contributed by atoms with van der Waals surface area (Å²) in [6, 6.07) is 5.64. The van der Waals surface area contributed by atoms with E-state index in [1.54, 1.807) is 0 Å². The molecule has 0 fully saturated rings. The molecule has 0 saturated carbocycles. The van der Waals surface area contributed by atoms with E-state index in [4.69, 9.17) is 0 Å². The summed E-state index contributed by atoms with van der Waals surface area (Å²) >= 11 is 0. The summed E-state index contributed by atoms with van der Waals surface area (Å²) in [7, 11) is 1.19. The third-order valence-corrected chi connectivity index (χ3v) is 3.57. The second kappa shape index (κ2) is 7.16. The van der Waals surface area contributed by atoms with E-state index < -0.39 is 37.0 Å². The molecule has 1 aromatic carbocycles. The summed E-state index contributed by atoms with van der Waals surface area (Å²) in [5.41, 5.74) is 0.600. The van der Waals surface area contributed by atoms with Crippen molar-refractivity contribution < 1.29 is 40.3 Å². The SMILES string of the molecule is COC(=O)c1ccc(-c2ncn(CCC(F)(F)C(F)(F)C(F)(F)F)n2)cc1. The molecule has 2 rings (SSSR count). The summed E-state index contributed by atoms with van der Waals surface area (Å²) in [4.78, 5) is 15.1. The first-order chi connectivity index (χ1) is 12.4. The summed E-state index contributed by atoms with van der Waals surface area (Å²) < 4.78 is 93.8. The molecule has 12 heteroatoms. The van der Waals surface area contributed by atoms with E-state index >= 15 is 0 Å². The maximum Gasteiger partial charge on any atom is 0.459 e. The molecule has 0 radical (unpaired) electrons. The van der Waals surface area contributed by atoms with Crippen LogP contribution in [-0.4, -0.2) is 45.9 Å². The van der Waals surface area contributed by atoms with Gasteiger partial charge in [0.25, 0.3) is 0 Å². The highest BCUT2D eigenvalue weighted by Crippen LogP contribution is 2.48. The predicted molar refractivity (Wildman–Crippen MR) is 77.4 cm³/mol. The second-order valence-electron chi connectivity index (χ2n) is 5.43. The van der Waals surface area contributed by atoms with E-state index in [-0.39, 0.29) is 11.4 Å². The number of aryl methyl sites for hydroxylation is 1. The topological polar surface area (TPSA) is 57.0 Å². The van der Waals surface area contributed by atoms with Gasteiger partial charge in [-0.25, -0.2) is 9.78 Å². The molecule has 27 heavy (non-hydrogen) atoms. The van der Waals surface area contributed by atoms with Gasteiger partial charge in [-0.3, -0.25) is 4.68 Å². The van der Waals surface area contributed by atoms with Crippen molar-refractivity contribution in [3.8, 4) is 11.4 Å². The van der Waals surface area contributed by atoms with Crippen LogP contribution in [-0.2, 0) is 11.3 Å². The van der Waals surface area contributed by atoms with Crippen LogP contribution in [0.3, 0.4) is 0 Å². The lowest BCUT2D eigenvalue weighted by Gasteiger charge is -2.27. The van der Waals surface area contributed by atoms with Gasteiger partial charge in [0.15, 0.2) is 5.82 Å². The van der Waals surface area contributed by atoms with Gasteiger partial charge in [-0.1, -0.05) is 12.1 Å². The average Bonchev–Trinajstić information content (AvgIpc) is 3.07. The number of esters is 1. The molecule has 0 aliphatic carbocycles. The van der Waals surface area contributed by atoms with Gasteiger partial charge >= 0.3 is 24.0 Å². The van der Waals surface area contributed by atoms with Gasteiger partial charge in [-0.05, 0) is 12.1 Å². The summed E-state index contributed by atoms with van der Waals surface area (Å²) in [6.45, 7) is -0.911. The molecule has 0 N–H and O–H groups in total. The monoisotopic (exact) mass is 399 g/mol. The lowest BCUT2D eigenvalue weighted by atomic mass is 10.1. The van der Waals surface area contributed by atoms with E-state index in [9.17, 15) is 35.5 Å². The van der Waals surface area contributed by atoms with Crippen molar-refractivity contribution in [1.29, 1.82) is 0 Å². The Labute approximate surface area is 147 Å². The first kappa shape index (κ1) is 20.6. The largest absolute Gasteiger partial charge is 0.465 e. The Bertz CT molecular complexity index is 800. The number of hydrogen-bond acceptors (Lipinski definition) is 4. The molecule has 0 amide bonds. The third kappa shape index (κ3) is 4.19. The number of hydrogen-bond donors (Lipinski definition) is 0.